The fourth-order valence-corrected chi connectivity index (χ4v) is 6.01. The van der Waals surface area contributed by atoms with E-state index in [2.05, 4.69) is 10.6 Å². The van der Waals surface area contributed by atoms with E-state index in [1.165, 1.54) is 19.3 Å². The van der Waals surface area contributed by atoms with E-state index in [9.17, 15) is 14.4 Å². The normalized spacial score (nSPS) is 30.0. The Kier molecular flexibility index (Phi) is 4.89. The lowest BCUT2D eigenvalue weighted by Gasteiger charge is -2.56. The van der Waals surface area contributed by atoms with Crippen LogP contribution in [0.5, 0.6) is 0 Å². The van der Waals surface area contributed by atoms with Crippen LogP contribution in [0.2, 0.25) is 0 Å². The Balaban J connectivity index is 1.27. The summed E-state index contributed by atoms with van der Waals surface area (Å²) in [4.78, 5) is 36.6. The maximum atomic E-state index is 12.4. The van der Waals surface area contributed by atoms with Crippen LogP contribution in [-0.2, 0) is 9.53 Å². The molecule has 4 saturated carbocycles. The minimum absolute atomic E-state index is 0.158. The molecule has 0 radical (unpaired) electrons. The van der Waals surface area contributed by atoms with Crippen molar-refractivity contribution in [1.29, 1.82) is 0 Å². The van der Waals surface area contributed by atoms with E-state index < -0.39 is 24.5 Å². The highest BCUT2D eigenvalue weighted by molar-refractivity contribution is 5.97. The summed E-state index contributed by atoms with van der Waals surface area (Å²) in [6.07, 6.45) is 6.91. The van der Waals surface area contributed by atoms with Gasteiger partial charge in [0, 0.05) is 5.54 Å². The molecule has 2 N–H and O–H groups in total. The molecule has 0 heterocycles. The number of hydrogen-bond acceptors (Lipinski definition) is 4. The summed E-state index contributed by atoms with van der Waals surface area (Å²) in [5, 5.41) is 5.40. The first kappa shape index (κ1) is 19.0. The number of ether oxygens (including phenoxy) is 1. The lowest BCUT2D eigenvalue weighted by Crippen LogP contribution is -2.62. The Morgan fingerprint density at radius 2 is 1.50 bits per heavy atom. The minimum atomic E-state index is -0.611. The van der Waals surface area contributed by atoms with Gasteiger partial charge >= 0.3 is 12.0 Å². The number of imide groups is 1. The summed E-state index contributed by atoms with van der Waals surface area (Å²) in [6, 6.07) is 4.91. The standard InChI is InChI=1S/C22H28N2O4/c1-13-3-14(2)5-18(4-13)20(26)28-12-19(25)23-21(27)24-22-9-15-6-16(10-22)8-17(7-15)11-22/h3-5,15-17H,6-12H2,1-2H3,(H2,23,24,25,27). The Labute approximate surface area is 165 Å². The van der Waals surface area contributed by atoms with Gasteiger partial charge in [0.25, 0.3) is 5.91 Å². The molecule has 4 aliphatic carbocycles. The molecule has 4 aliphatic rings. The Morgan fingerprint density at radius 3 is 2.04 bits per heavy atom. The molecular formula is C22H28N2O4. The smallest absolute Gasteiger partial charge is 0.338 e. The molecule has 3 amide bonds. The van der Waals surface area contributed by atoms with Gasteiger partial charge in [-0.2, -0.15) is 0 Å². The van der Waals surface area contributed by atoms with Crippen molar-refractivity contribution in [1.82, 2.24) is 10.6 Å². The fraction of sp³-hybridized carbons (Fsp3) is 0.591. The van der Waals surface area contributed by atoms with E-state index in [1.807, 2.05) is 19.9 Å². The van der Waals surface area contributed by atoms with E-state index in [4.69, 9.17) is 4.74 Å². The summed E-state index contributed by atoms with van der Waals surface area (Å²) in [5.74, 6) is 0.950. The third-order valence-electron chi connectivity index (χ3n) is 6.46. The molecule has 5 rings (SSSR count). The van der Waals surface area contributed by atoms with Crippen LogP contribution < -0.4 is 10.6 Å². The molecule has 6 nitrogen and oxygen atoms in total. The molecule has 28 heavy (non-hydrogen) atoms. The molecule has 0 aliphatic heterocycles. The Bertz CT molecular complexity index is 761. The van der Waals surface area contributed by atoms with Gasteiger partial charge in [-0.1, -0.05) is 17.2 Å². The molecule has 4 fully saturated rings. The van der Waals surface area contributed by atoms with Gasteiger partial charge in [-0.15, -0.1) is 0 Å². The summed E-state index contributed by atoms with van der Waals surface area (Å²) >= 11 is 0. The first-order valence-corrected chi connectivity index (χ1v) is 10.2. The monoisotopic (exact) mass is 384 g/mol. The second-order valence-electron chi connectivity index (χ2n) is 9.15. The van der Waals surface area contributed by atoms with E-state index in [0.29, 0.717) is 23.3 Å². The van der Waals surface area contributed by atoms with Gasteiger partial charge in [-0.05, 0) is 82.3 Å². The lowest BCUT2D eigenvalue weighted by molar-refractivity contribution is -0.123. The molecule has 6 heteroatoms. The van der Waals surface area contributed by atoms with Crippen LogP contribution in [0.25, 0.3) is 0 Å². The SMILES string of the molecule is Cc1cc(C)cc(C(=O)OCC(=O)NC(=O)NC23CC4CC(CC(C4)C2)C3)c1. The average Bonchev–Trinajstić information content (AvgIpc) is 2.56. The van der Waals surface area contributed by atoms with E-state index in [1.54, 1.807) is 12.1 Å². The second-order valence-corrected chi connectivity index (χ2v) is 9.15. The predicted molar refractivity (Wildman–Crippen MR) is 104 cm³/mol. The maximum Gasteiger partial charge on any atom is 0.338 e. The molecule has 150 valence electrons. The first-order valence-electron chi connectivity index (χ1n) is 10.2. The highest BCUT2D eigenvalue weighted by Crippen LogP contribution is 2.55. The van der Waals surface area contributed by atoms with Gasteiger partial charge in [-0.3, -0.25) is 10.1 Å². The molecule has 1 aromatic rings. The zero-order valence-electron chi connectivity index (χ0n) is 16.5. The quantitative estimate of drug-likeness (QED) is 0.781. The highest BCUT2D eigenvalue weighted by atomic mass is 16.5. The molecule has 0 unspecified atom stereocenters. The van der Waals surface area contributed by atoms with Crippen molar-refractivity contribution in [2.24, 2.45) is 17.8 Å². The number of urea groups is 1. The highest BCUT2D eigenvalue weighted by Gasteiger charge is 2.51. The van der Waals surface area contributed by atoms with E-state index >= 15 is 0 Å². The van der Waals surface area contributed by atoms with Gasteiger partial charge in [0.15, 0.2) is 6.61 Å². The van der Waals surface area contributed by atoms with Crippen molar-refractivity contribution in [2.45, 2.75) is 57.9 Å². The molecule has 0 atom stereocenters. The molecule has 0 aromatic heterocycles. The number of hydrogen-bond donors (Lipinski definition) is 2. The number of amides is 3. The van der Waals surface area contributed by atoms with Gasteiger partial charge in [0.1, 0.15) is 0 Å². The van der Waals surface area contributed by atoms with Crippen LogP contribution in [0.1, 0.15) is 60.0 Å². The predicted octanol–water partition coefficient (Wildman–Crippen LogP) is 3.25. The van der Waals surface area contributed by atoms with Crippen molar-refractivity contribution < 1.29 is 19.1 Å². The number of carbonyl (C=O) groups is 3. The van der Waals surface area contributed by atoms with Gasteiger partial charge in [-0.25, -0.2) is 9.59 Å². The van der Waals surface area contributed by atoms with Gasteiger partial charge in [0.05, 0.1) is 5.56 Å². The van der Waals surface area contributed by atoms with Gasteiger partial charge in [0.2, 0.25) is 0 Å². The zero-order chi connectivity index (χ0) is 19.9. The topological polar surface area (TPSA) is 84.5 Å². The first-order chi connectivity index (χ1) is 13.3. The number of rotatable bonds is 4. The molecule has 4 bridgehead atoms. The maximum absolute atomic E-state index is 12.4. The fourth-order valence-electron chi connectivity index (χ4n) is 6.01. The van der Waals surface area contributed by atoms with Crippen LogP contribution in [0, 0.1) is 31.6 Å². The van der Waals surface area contributed by atoms with Crippen LogP contribution in [0.15, 0.2) is 18.2 Å². The van der Waals surface area contributed by atoms with E-state index in [0.717, 1.165) is 30.4 Å². The number of benzene rings is 1. The molecule has 1 aromatic carbocycles. The Morgan fingerprint density at radius 1 is 0.964 bits per heavy atom. The van der Waals surface area contributed by atoms with Crippen LogP contribution in [-0.4, -0.2) is 30.1 Å². The van der Waals surface area contributed by atoms with Crippen molar-refractivity contribution in [3.05, 3.63) is 34.9 Å². The summed E-state index contributed by atoms with van der Waals surface area (Å²) < 4.78 is 5.06. The molecule has 0 spiro atoms. The van der Waals surface area contributed by atoms with Crippen LogP contribution in [0.3, 0.4) is 0 Å². The van der Waals surface area contributed by atoms with Crippen molar-refractivity contribution in [3.8, 4) is 0 Å². The van der Waals surface area contributed by atoms with Crippen molar-refractivity contribution in [3.63, 3.8) is 0 Å². The molecule has 0 saturated heterocycles. The van der Waals surface area contributed by atoms with Crippen LogP contribution in [0.4, 0.5) is 4.79 Å². The van der Waals surface area contributed by atoms with Gasteiger partial charge < -0.3 is 10.1 Å². The van der Waals surface area contributed by atoms with E-state index in [-0.39, 0.29) is 5.54 Å². The third-order valence-corrected chi connectivity index (χ3v) is 6.46. The summed E-state index contributed by atoms with van der Waals surface area (Å²) in [7, 11) is 0. The average molecular weight is 384 g/mol. The number of nitrogens with one attached hydrogen (secondary N) is 2. The summed E-state index contributed by atoms with van der Waals surface area (Å²) in [5.41, 5.74) is 2.15. The summed E-state index contributed by atoms with van der Waals surface area (Å²) in [6.45, 7) is 3.32. The number of carbonyl (C=O) groups excluding carboxylic acids is 3. The second kappa shape index (κ2) is 7.22. The third kappa shape index (κ3) is 4.05. The van der Waals surface area contributed by atoms with Crippen molar-refractivity contribution >= 4 is 17.9 Å². The largest absolute Gasteiger partial charge is 0.452 e. The van der Waals surface area contributed by atoms with Crippen LogP contribution >= 0.6 is 0 Å². The Hall–Kier alpha value is -2.37. The molecular weight excluding hydrogens is 356 g/mol. The van der Waals surface area contributed by atoms with Crippen molar-refractivity contribution in [2.75, 3.05) is 6.61 Å². The lowest BCUT2D eigenvalue weighted by atomic mass is 9.53. The minimum Gasteiger partial charge on any atom is -0.452 e. The number of aryl methyl sites for hydroxylation is 2. The number of esters is 1. The zero-order valence-corrected chi connectivity index (χ0v) is 16.5.